The fourth-order valence-corrected chi connectivity index (χ4v) is 4.08. The van der Waals surface area contributed by atoms with Crippen molar-refractivity contribution >= 4 is 22.5 Å². The SMILES string of the molecule is CN1CCC[C@@H]1CN1CCc2[nH]c3ccc(Cl)cc3c2C1. The standard InChI is InChI=1S/C17H22ClN3/c1-20-7-2-3-13(20)10-21-8-6-17-15(11-21)14-9-12(18)4-5-16(14)19-17/h4-5,9,13,19H,2-3,6-8,10-11H2,1H3/t13-/m1/s1. The minimum atomic E-state index is 0.736. The Balaban J connectivity index is 1.58. The molecule has 1 N–H and O–H groups in total. The lowest BCUT2D eigenvalue weighted by Gasteiger charge is -2.31. The summed E-state index contributed by atoms with van der Waals surface area (Å²) >= 11 is 6.18. The molecule has 112 valence electrons. The number of nitrogens with one attached hydrogen (secondary N) is 1. The number of nitrogens with zero attached hydrogens (tertiary/aromatic N) is 2. The van der Waals surface area contributed by atoms with Crippen LogP contribution in [-0.4, -0.2) is 47.5 Å². The summed E-state index contributed by atoms with van der Waals surface area (Å²) in [6.07, 6.45) is 3.82. The first-order valence-corrected chi connectivity index (χ1v) is 8.30. The number of halogens is 1. The van der Waals surface area contributed by atoms with Crippen LogP contribution in [0.5, 0.6) is 0 Å². The van der Waals surface area contributed by atoms with Crippen molar-refractivity contribution in [3.63, 3.8) is 0 Å². The van der Waals surface area contributed by atoms with Crippen LogP contribution in [0, 0.1) is 0 Å². The minimum absolute atomic E-state index is 0.736. The molecule has 4 rings (SSSR count). The summed E-state index contributed by atoms with van der Waals surface area (Å²) in [5, 5.41) is 2.14. The molecule has 4 heteroatoms. The molecule has 0 unspecified atom stereocenters. The van der Waals surface area contributed by atoms with Gasteiger partial charge in [-0.1, -0.05) is 11.6 Å². The number of H-pyrrole nitrogens is 1. The van der Waals surface area contributed by atoms with Crippen LogP contribution in [0.25, 0.3) is 10.9 Å². The van der Waals surface area contributed by atoms with Crippen LogP contribution in [0.3, 0.4) is 0 Å². The summed E-state index contributed by atoms with van der Waals surface area (Å²) in [4.78, 5) is 8.70. The molecule has 2 aliphatic heterocycles. The number of likely N-dealkylation sites (tertiary alicyclic amines) is 1. The Kier molecular flexibility index (Phi) is 3.44. The quantitative estimate of drug-likeness (QED) is 0.920. The van der Waals surface area contributed by atoms with E-state index in [4.69, 9.17) is 11.6 Å². The minimum Gasteiger partial charge on any atom is -0.358 e. The third-order valence-electron chi connectivity index (χ3n) is 5.16. The molecule has 3 nitrogen and oxygen atoms in total. The topological polar surface area (TPSA) is 22.3 Å². The predicted molar refractivity (Wildman–Crippen MR) is 87.9 cm³/mol. The third kappa shape index (κ3) is 2.48. The Bertz CT molecular complexity index is 663. The van der Waals surface area contributed by atoms with E-state index in [1.54, 1.807) is 0 Å². The van der Waals surface area contributed by atoms with Gasteiger partial charge in [0.15, 0.2) is 0 Å². The van der Waals surface area contributed by atoms with Gasteiger partial charge in [0, 0.05) is 53.7 Å². The zero-order chi connectivity index (χ0) is 14.4. The monoisotopic (exact) mass is 303 g/mol. The first-order chi connectivity index (χ1) is 10.2. The van der Waals surface area contributed by atoms with Gasteiger partial charge < -0.3 is 9.88 Å². The largest absolute Gasteiger partial charge is 0.358 e. The van der Waals surface area contributed by atoms with E-state index in [9.17, 15) is 0 Å². The Morgan fingerprint density at radius 2 is 2.24 bits per heavy atom. The molecular formula is C17H22ClN3. The van der Waals surface area contributed by atoms with Crippen molar-refractivity contribution in [3.05, 3.63) is 34.5 Å². The second kappa shape index (κ2) is 5.31. The van der Waals surface area contributed by atoms with Gasteiger partial charge in [-0.15, -0.1) is 0 Å². The maximum atomic E-state index is 6.18. The van der Waals surface area contributed by atoms with E-state index in [-0.39, 0.29) is 0 Å². The zero-order valence-electron chi connectivity index (χ0n) is 12.5. The van der Waals surface area contributed by atoms with Crippen LogP contribution >= 0.6 is 11.6 Å². The maximum absolute atomic E-state index is 6.18. The van der Waals surface area contributed by atoms with Crippen molar-refractivity contribution in [2.75, 3.05) is 26.7 Å². The van der Waals surface area contributed by atoms with Gasteiger partial charge in [-0.2, -0.15) is 0 Å². The highest BCUT2D eigenvalue weighted by Crippen LogP contribution is 2.30. The van der Waals surface area contributed by atoms with Gasteiger partial charge in [-0.05, 0) is 50.2 Å². The Morgan fingerprint density at radius 3 is 3.05 bits per heavy atom. The van der Waals surface area contributed by atoms with E-state index >= 15 is 0 Å². The lowest BCUT2D eigenvalue weighted by molar-refractivity contribution is 0.181. The Hall–Kier alpha value is -1.03. The molecule has 2 aliphatic rings. The molecule has 3 heterocycles. The van der Waals surface area contributed by atoms with Gasteiger partial charge in [-0.3, -0.25) is 4.90 Å². The van der Waals surface area contributed by atoms with E-state index in [1.807, 2.05) is 6.07 Å². The molecule has 1 aromatic heterocycles. The lowest BCUT2D eigenvalue weighted by Crippen LogP contribution is -2.40. The Morgan fingerprint density at radius 1 is 1.33 bits per heavy atom. The summed E-state index contributed by atoms with van der Waals surface area (Å²) in [7, 11) is 2.26. The van der Waals surface area contributed by atoms with Crippen LogP contribution in [0.4, 0.5) is 0 Å². The van der Waals surface area contributed by atoms with E-state index < -0.39 is 0 Å². The lowest BCUT2D eigenvalue weighted by atomic mass is 10.0. The second-order valence-corrected chi connectivity index (χ2v) is 6.97. The van der Waals surface area contributed by atoms with E-state index in [2.05, 4.69) is 34.0 Å². The second-order valence-electron chi connectivity index (χ2n) is 6.53. The van der Waals surface area contributed by atoms with Gasteiger partial charge >= 0.3 is 0 Å². The van der Waals surface area contributed by atoms with Gasteiger partial charge in [0.25, 0.3) is 0 Å². The normalized spacial score (nSPS) is 23.8. The molecule has 0 radical (unpaired) electrons. The molecule has 1 fully saturated rings. The first kappa shape index (κ1) is 13.6. The van der Waals surface area contributed by atoms with Crippen molar-refractivity contribution in [1.29, 1.82) is 0 Å². The highest BCUT2D eigenvalue weighted by molar-refractivity contribution is 6.31. The summed E-state index contributed by atoms with van der Waals surface area (Å²) in [5.41, 5.74) is 4.09. The summed E-state index contributed by atoms with van der Waals surface area (Å²) in [5.74, 6) is 0. The summed E-state index contributed by atoms with van der Waals surface area (Å²) in [6, 6.07) is 6.92. The fraction of sp³-hybridized carbons (Fsp3) is 0.529. The van der Waals surface area contributed by atoms with E-state index in [0.29, 0.717) is 0 Å². The van der Waals surface area contributed by atoms with Gasteiger partial charge in [-0.25, -0.2) is 0 Å². The van der Waals surface area contributed by atoms with Crippen LogP contribution in [0.1, 0.15) is 24.1 Å². The van der Waals surface area contributed by atoms with Crippen molar-refractivity contribution in [1.82, 2.24) is 14.8 Å². The zero-order valence-corrected chi connectivity index (χ0v) is 13.3. The van der Waals surface area contributed by atoms with Crippen molar-refractivity contribution in [2.45, 2.75) is 31.8 Å². The molecule has 0 saturated carbocycles. The number of hydrogen-bond acceptors (Lipinski definition) is 2. The molecule has 21 heavy (non-hydrogen) atoms. The van der Waals surface area contributed by atoms with Crippen LogP contribution in [0.2, 0.25) is 5.02 Å². The van der Waals surface area contributed by atoms with Crippen molar-refractivity contribution < 1.29 is 0 Å². The van der Waals surface area contributed by atoms with Gasteiger partial charge in [0.05, 0.1) is 0 Å². The average molecular weight is 304 g/mol. The number of likely N-dealkylation sites (N-methyl/N-ethyl adjacent to an activating group) is 1. The number of aromatic nitrogens is 1. The van der Waals surface area contributed by atoms with Crippen molar-refractivity contribution in [3.8, 4) is 0 Å². The van der Waals surface area contributed by atoms with Crippen LogP contribution < -0.4 is 0 Å². The molecule has 0 spiro atoms. The number of rotatable bonds is 2. The molecule has 1 saturated heterocycles. The predicted octanol–water partition coefficient (Wildman–Crippen LogP) is 3.27. The molecular weight excluding hydrogens is 282 g/mol. The third-order valence-corrected chi connectivity index (χ3v) is 5.39. The first-order valence-electron chi connectivity index (χ1n) is 7.92. The molecule has 0 bridgehead atoms. The van der Waals surface area contributed by atoms with E-state index in [1.165, 1.54) is 48.1 Å². The summed E-state index contributed by atoms with van der Waals surface area (Å²) < 4.78 is 0. The highest BCUT2D eigenvalue weighted by Gasteiger charge is 2.26. The fourth-order valence-electron chi connectivity index (χ4n) is 3.91. The number of fused-ring (bicyclic) bond motifs is 3. The highest BCUT2D eigenvalue weighted by atomic mass is 35.5. The molecule has 2 aromatic rings. The van der Waals surface area contributed by atoms with Gasteiger partial charge in [0.1, 0.15) is 0 Å². The maximum Gasteiger partial charge on any atom is 0.0460 e. The molecule has 0 aliphatic carbocycles. The Labute approximate surface area is 130 Å². The summed E-state index contributed by atoms with van der Waals surface area (Å²) in [6.45, 7) is 4.67. The molecule has 1 atom stereocenters. The van der Waals surface area contributed by atoms with Crippen LogP contribution in [0.15, 0.2) is 18.2 Å². The smallest absolute Gasteiger partial charge is 0.0460 e. The number of hydrogen-bond donors (Lipinski definition) is 1. The molecule has 1 aromatic carbocycles. The van der Waals surface area contributed by atoms with Gasteiger partial charge in [0.2, 0.25) is 0 Å². The molecule has 0 amide bonds. The van der Waals surface area contributed by atoms with E-state index in [0.717, 1.165) is 30.6 Å². The van der Waals surface area contributed by atoms with Crippen LogP contribution in [-0.2, 0) is 13.0 Å². The van der Waals surface area contributed by atoms with Crippen molar-refractivity contribution in [2.24, 2.45) is 0 Å². The average Bonchev–Trinajstić information content (AvgIpc) is 3.03. The number of benzene rings is 1. The number of aromatic amines is 1.